The van der Waals surface area contributed by atoms with Gasteiger partial charge in [-0.15, -0.1) is 0 Å². The minimum Gasteiger partial charge on any atom is -0.395 e. The Morgan fingerprint density at radius 1 is 0.500 bits per heavy atom. The Labute approximate surface area is 167 Å². The summed E-state index contributed by atoms with van der Waals surface area (Å²) in [5, 5.41) is 0. The third-order valence-corrected chi connectivity index (χ3v) is 18.4. The second-order valence-corrected chi connectivity index (χ2v) is 30.6. The van der Waals surface area contributed by atoms with E-state index in [4.69, 9.17) is 29.4 Å². The van der Waals surface area contributed by atoms with Gasteiger partial charge in [-0.3, -0.25) is 0 Å². The molecule has 0 aliphatic carbocycles. The van der Waals surface area contributed by atoms with Crippen molar-refractivity contribution in [2.24, 2.45) is 0 Å². The van der Waals surface area contributed by atoms with E-state index in [0.717, 1.165) is 0 Å². The van der Waals surface area contributed by atoms with Crippen LogP contribution in [0.2, 0.25) is 72.0 Å². The Kier molecular flexibility index (Phi) is 10.1. The fourth-order valence-electron chi connectivity index (χ4n) is 1.90. The third-order valence-electron chi connectivity index (χ3n) is 2.37. The van der Waals surface area contributed by atoms with E-state index in [0.29, 0.717) is 0 Å². The maximum atomic E-state index is 6.44. The van der Waals surface area contributed by atoms with Crippen LogP contribution in [0.4, 0.5) is 0 Å². The zero-order valence-corrected chi connectivity index (χ0v) is 24.9. The van der Waals surface area contributed by atoms with Gasteiger partial charge in [0.05, 0.1) is 0 Å². The van der Waals surface area contributed by atoms with Crippen LogP contribution in [0.15, 0.2) is 0 Å². The lowest BCUT2D eigenvalue weighted by molar-refractivity contribution is 0.0331. The average molecular weight is 476 g/mol. The van der Waals surface area contributed by atoms with E-state index in [1.807, 2.05) is 13.1 Å². The van der Waals surface area contributed by atoms with Crippen molar-refractivity contribution in [3.8, 4) is 0 Å². The summed E-state index contributed by atoms with van der Waals surface area (Å²) in [6.45, 7) is 22.8. The predicted molar refractivity (Wildman–Crippen MR) is 118 cm³/mol. The van der Waals surface area contributed by atoms with Gasteiger partial charge >= 0.3 is 18.1 Å². The Balaban J connectivity index is 6.07. The smallest absolute Gasteiger partial charge is 0.395 e. The second-order valence-electron chi connectivity index (χ2n) is 9.16. The van der Waals surface area contributed by atoms with Gasteiger partial charge in [0.25, 0.3) is 0 Å². The topological polar surface area (TPSA) is 64.6 Å². The SMILES string of the molecule is CO[Si](O[Si](C)C)(O[Si](C)(C)C)O[Si](OC)(O[Si](C)(C)C)O[Si](C)(C)C. The second kappa shape index (κ2) is 9.68. The summed E-state index contributed by atoms with van der Waals surface area (Å²) < 4.78 is 43.3. The third kappa shape index (κ3) is 11.1. The molecule has 1 unspecified atom stereocenters. The Hall–Kier alpha value is 1.02. The van der Waals surface area contributed by atoms with Gasteiger partial charge in [-0.2, -0.15) is 0 Å². The van der Waals surface area contributed by atoms with Crippen molar-refractivity contribution >= 4 is 52.1 Å². The minimum absolute atomic E-state index is 1.15. The molecule has 0 fully saturated rings. The molecule has 0 rings (SSSR count). The van der Waals surface area contributed by atoms with Crippen molar-refractivity contribution in [1.82, 2.24) is 0 Å². The monoisotopic (exact) mass is 475 g/mol. The molecule has 0 saturated carbocycles. The quantitative estimate of drug-likeness (QED) is 0.395. The molecule has 0 N–H and O–H groups in total. The van der Waals surface area contributed by atoms with Crippen LogP contribution in [0.1, 0.15) is 0 Å². The first-order valence-electron chi connectivity index (χ1n) is 8.77. The van der Waals surface area contributed by atoms with E-state index in [9.17, 15) is 0 Å². The zero-order chi connectivity index (χ0) is 21.0. The van der Waals surface area contributed by atoms with E-state index in [-0.39, 0.29) is 0 Å². The molecule has 0 amide bonds. The number of hydrogen-bond acceptors (Lipinski definition) is 7. The van der Waals surface area contributed by atoms with Crippen LogP contribution in [0.5, 0.6) is 0 Å². The van der Waals surface area contributed by atoms with Crippen LogP contribution in [0, 0.1) is 0 Å². The van der Waals surface area contributed by atoms with Gasteiger partial charge in [-0.05, 0) is 72.0 Å². The van der Waals surface area contributed by atoms with Crippen molar-refractivity contribution in [2.45, 2.75) is 72.0 Å². The summed E-state index contributed by atoms with van der Waals surface area (Å²) in [5.74, 6) is 0. The number of rotatable bonds is 12. The lowest BCUT2D eigenvalue weighted by Crippen LogP contribution is -2.68. The van der Waals surface area contributed by atoms with Crippen LogP contribution in [0.25, 0.3) is 0 Å². The van der Waals surface area contributed by atoms with E-state index in [1.54, 1.807) is 14.2 Å². The first-order valence-corrected chi connectivity index (χ1v) is 24.7. The molecule has 0 aromatic carbocycles. The van der Waals surface area contributed by atoms with E-state index < -0.39 is 52.1 Å². The van der Waals surface area contributed by atoms with Crippen LogP contribution >= 0.6 is 0 Å². The molecule has 0 aliphatic heterocycles. The molecule has 0 spiro atoms. The summed E-state index contributed by atoms with van der Waals surface area (Å²) in [6.07, 6.45) is 0. The first-order chi connectivity index (χ1) is 11.4. The molecular formula is C13H39O7Si6. The lowest BCUT2D eigenvalue weighted by Gasteiger charge is -2.42. The van der Waals surface area contributed by atoms with Gasteiger partial charge in [-0.25, -0.2) is 0 Å². The number of hydrogen-bond donors (Lipinski definition) is 0. The fraction of sp³-hybridized carbons (Fsp3) is 1.00. The maximum Gasteiger partial charge on any atom is 0.652 e. The van der Waals surface area contributed by atoms with E-state index in [2.05, 4.69) is 58.9 Å². The van der Waals surface area contributed by atoms with Gasteiger partial charge in [0.1, 0.15) is 0 Å². The highest BCUT2D eigenvalue weighted by Crippen LogP contribution is 2.29. The highest BCUT2D eigenvalue weighted by Gasteiger charge is 2.62. The average Bonchev–Trinajstić information content (AvgIpc) is 2.31. The molecule has 13 heteroatoms. The summed E-state index contributed by atoms with van der Waals surface area (Å²) in [6, 6.07) is 0. The summed E-state index contributed by atoms with van der Waals surface area (Å²) >= 11 is 0. The molecule has 0 aromatic heterocycles. The first kappa shape index (κ1) is 27.0. The van der Waals surface area contributed by atoms with Crippen molar-refractivity contribution in [3.05, 3.63) is 0 Å². The van der Waals surface area contributed by atoms with Gasteiger partial charge in [-0.1, -0.05) is 0 Å². The summed E-state index contributed by atoms with van der Waals surface area (Å²) in [7, 11) is -11.1. The van der Waals surface area contributed by atoms with Gasteiger partial charge in [0, 0.05) is 14.2 Å². The van der Waals surface area contributed by atoms with Crippen molar-refractivity contribution in [3.63, 3.8) is 0 Å². The molecule has 0 bridgehead atoms. The summed E-state index contributed by atoms with van der Waals surface area (Å²) in [5.41, 5.74) is 0. The fourth-order valence-corrected chi connectivity index (χ4v) is 19.4. The van der Waals surface area contributed by atoms with E-state index >= 15 is 0 Å². The minimum atomic E-state index is -3.51. The van der Waals surface area contributed by atoms with Crippen molar-refractivity contribution < 1.29 is 29.4 Å². The van der Waals surface area contributed by atoms with Crippen LogP contribution in [-0.2, 0) is 29.4 Å². The molecule has 7 nitrogen and oxygen atoms in total. The highest BCUT2D eigenvalue weighted by atomic mass is 28.6. The van der Waals surface area contributed by atoms with Crippen LogP contribution < -0.4 is 0 Å². The highest BCUT2D eigenvalue weighted by molar-refractivity contribution is 6.88. The summed E-state index contributed by atoms with van der Waals surface area (Å²) in [4.78, 5) is 0. The molecule has 1 radical (unpaired) electrons. The normalized spacial score (nSPS) is 16.8. The van der Waals surface area contributed by atoms with Gasteiger partial charge in [0.2, 0.25) is 0 Å². The molecular weight excluding hydrogens is 437 g/mol. The Morgan fingerprint density at radius 2 is 0.808 bits per heavy atom. The van der Waals surface area contributed by atoms with Gasteiger partial charge in [0.15, 0.2) is 34.0 Å². The maximum absolute atomic E-state index is 6.44. The zero-order valence-electron chi connectivity index (χ0n) is 18.9. The molecule has 0 heterocycles. The molecule has 0 saturated heterocycles. The largest absolute Gasteiger partial charge is 0.652 e. The van der Waals surface area contributed by atoms with Crippen LogP contribution in [0.3, 0.4) is 0 Å². The Bertz CT molecular complexity index is 416. The lowest BCUT2D eigenvalue weighted by atomic mass is 11.8. The Morgan fingerprint density at radius 3 is 1.04 bits per heavy atom. The van der Waals surface area contributed by atoms with Crippen molar-refractivity contribution in [1.29, 1.82) is 0 Å². The van der Waals surface area contributed by atoms with Crippen molar-refractivity contribution in [2.75, 3.05) is 14.2 Å². The standard InChI is InChI=1S/C13H39O7Si6/c1-14-25(16-21(3)4,17-22(5,6)7)20-26(15-2,18-23(8,9)10)19-24(11,12)13/h1-13H3. The van der Waals surface area contributed by atoms with Crippen LogP contribution in [-0.4, -0.2) is 66.3 Å². The predicted octanol–water partition coefficient (Wildman–Crippen LogP) is 3.99. The molecule has 0 aliphatic rings. The molecule has 26 heavy (non-hydrogen) atoms. The molecule has 1 atom stereocenters. The molecule has 157 valence electrons. The van der Waals surface area contributed by atoms with Gasteiger partial charge < -0.3 is 29.4 Å². The molecule has 0 aromatic rings. The van der Waals surface area contributed by atoms with E-state index in [1.165, 1.54) is 0 Å².